The molecule has 2 aromatic rings. The minimum absolute atomic E-state index is 0. The number of amides is 1. The molecule has 27 heavy (non-hydrogen) atoms. The molecule has 1 aliphatic heterocycles. The molecule has 1 amide bonds. The molecule has 0 saturated carbocycles. The van der Waals surface area contributed by atoms with Crippen molar-refractivity contribution >= 4 is 52.9 Å². The maximum Gasteiger partial charge on any atom is 0.246 e. The van der Waals surface area contributed by atoms with Crippen LogP contribution in [0.5, 0.6) is 0 Å². The largest absolute Gasteiger partial charge is 0.357 e. The van der Waals surface area contributed by atoms with Crippen LogP contribution < -0.4 is 10.2 Å². The lowest BCUT2D eigenvalue weighted by Gasteiger charge is -2.35. The third-order valence-electron chi connectivity index (χ3n) is 4.40. The van der Waals surface area contributed by atoms with E-state index in [0.717, 1.165) is 24.7 Å². The van der Waals surface area contributed by atoms with Gasteiger partial charge in [0, 0.05) is 43.7 Å². The van der Waals surface area contributed by atoms with E-state index >= 15 is 0 Å². The summed E-state index contributed by atoms with van der Waals surface area (Å²) < 4.78 is 1.71. The van der Waals surface area contributed by atoms with Crippen molar-refractivity contribution in [1.29, 1.82) is 0 Å². The monoisotopic (exact) mass is 502 g/mol. The average Bonchev–Trinajstić information content (AvgIpc) is 3.30. The number of hydrogen-bond acceptors (Lipinski definition) is 4. The fourth-order valence-corrected chi connectivity index (χ4v) is 3.76. The Kier molecular flexibility index (Phi) is 8.08. The molecule has 3 heterocycles. The zero-order valence-electron chi connectivity index (χ0n) is 16.0. The van der Waals surface area contributed by atoms with E-state index in [1.165, 1.54) is 4.88 Å². The van der Waals surface area contributed by atoms with Crippen LogP contribution in [0.1, 0.15) is 24.6 Å². The fourth-order valence-electron chi connectivity index (χ4n) is 2.99. The van der Waals surface area contributed by atoms with Gasteiger partial charge in [-0.05, 0) is 18.4 Å². The number of rotatable bonds is 5. The van der Waals surface area contributed by atoms with E-state index in [9.17, 15) is 4.79 Å². The van der Waals surface area contributed by atoms with Crippen LogP contribution in [0.25, 0.3) is 0 Å². The molecular formula is C18H27IN6OS. The first-order valence-electron chi connectivity index (χ1n) is 8.94. The highest BCUT2D eigenvalue weighted by Crippen LogP contribution is 2.21. The van der Waals surface area contributed by atoms with Crippen LogP contribution in [-0.4, -0.2) is 59.3 Å². The van der Waals surface area contributed by atoms with Crippen molar-refractivity contribution < 1.29 is 4.79 Å². The van der Waals surface area contributed by atoms with Crippen molar-refractivity contribution in [3.63, 3.8) is 0 Å². The Morgan fingerprint density at radius 3 is 2.85 bits per heavy atom. The van der Waals surface area contributed by atoms with E-state index in [4.69, 9.17) is 4.99 Å². The zero-order chi connectivity index (χ0) is 18.5. The Balaban J connectivity index is 0.00000261. The number of aliphatic imine (C=N–C) groups is 1. The summed E-state index contributed by atoms with van der Waals surface area (Å²) in [6.45, 7) is 7.43. The molecule has 1 aliphatic rings. The molecule has 1 atom stereocenters. The molecule has 1 fully saturated rings. The first-order valence-corrected chi connectivity index (χ1v) is 9.82. The molecule has 0 aromatic carbocycles. The number of nitrogens with one attached hydrogen (secondary N) is 1. The van der Waals surface area contributed by atoms with Gasteiger partial charge in [0.05, 0.1) is 18.4 Å². The van der Waals surface area contributed by atoms with Gasteiger partial charge in [-0.1, -0.05) is 13.0 Å². The van der Waals surface area contributed by atoms with Gasteiger partial charge in [0.15, 0.2) is 5.96 Å². The zero-order valence-corrected chi connectivity index (χ0v) is 19.1. The second kappa shape index (κ2) is 10.1. The number of carbonyl (C=O) groups excluding carboxylic acids is 1. The van der Waals surface area contributed by atoms with Crippen molar-refractivity contribution in [2.75, 3.05) is 37.6 Å². The van der Waals surface area contributed by atoms with Crippen LogP contribution >= 0.6 is 35.3 Å². The van der Waals surface area contributed by atoms with Crippen molar-refractivity contribution in [1.82, 2.24) is 20.0 Å². The van der Waals surface area contributed by atoms with Gasteiger partial charge in [-0.3, -0.25) is 14.5 Å². The molecular weight excluding hydrogens is 475 g/mol. The highest BCUT2D eigenvalue weighted by molar-refractivity contribution is 14.0. The predicted octanol–water partition coefficient (Wildman–Crippen LogP) is 2.52. The summed E-state index contributed by atoms with van der Waals surface area (Å²) >= 11 is 1.76. The number of nitrogens with zero attached hydrogens (tertiary/aromatic N) is 5. The Morgan fingerprint density at radius 1 is 1.44 bits per heavy atom. The second-order valence-electron chi connectivity index (χ2n) is 6.45. The standard InChI is InChI=1S/C18H26N6OS.HI/c1-4-19-18(20-10-14(2)16-6-5-9-26-16)23-7-8-24(17(25)13-23)15-11-21-22(3)12-15;/h5-6,9,11-12,14H,4,7-8,10,13H2,1-3H3,(H,19,20);1H. The summed E-state index contributed by atoms with van der Waals surface area (Å²) in [5, 5.41) is 9.58. The molecule has 1 unspecified atom stereocenters. The van der Waals surface area contributed by atoms with Crippen LogP contribution in [0.15, 0.2) is 34.9 Å². The predicted molar refractivity (Wildman–Crippen MR) is 121 cm³/mol. The lowest BCUT2D eigenvalue weighted by molar-refractivity contribution is -0.120. The summed E-state index contributed by atoms with van der Waals surface area (Å²) in [4.78, 5) is 22.6. The molecule has 0 spiro atoms. The van der Waals surface area contributed by atoms with Crippen molar-refractivity contribution in [3.05, 3.63) is 34.8 Å². The number of piperazine rings is 1. The maximum absolute atomic E-state index is 12.6. The smallest absolute Gasteiger partial charge is 0.246 e. The number of halogens is 1. The van der Waals surface area contributed by atoms with Crippen LogP contribution in [0.2, 0.25) is 0 Å². The van der Waals surface area contributed by atoms with E-state index in [1.807, 2.05) is 25.1 Å². The minimum atomic E-state index is 0. The third-order valence-corrected chi connectivity index (χ3v) is 5.51. The molecule has 0 bridgehead atoms. The van der Waals surface area contributed by atoms with Gasteiger partial charge < -0.3 is 15.1 Å². The van der Waals surface area contributed by atoms with E-state index in [2.05, 4.69) is 34.9 Å². The summed E-state index contributed by atoms with van der Waals surface area (Å²) in [6, 6.07) is 4.22. The van der Waals surface area contributed by atoms with Crippen molar-refractivity contribution in [2.24, 2.45) is 12.0 Å². The maximum atomic E-state index is 12.6. The van der Waals surface area contributed by atoms with Gasteiger partial charge in [0.1, 0.15) is 6.54 Å². The molecule has 148 valence electrons. The highest BCUT2D eigenvalue weighted by Gasteiger charge is 2.27. The molecule has 0 aliphatic carbocycles. The minimum Gasteiger partial charge on any atom is -0.357 e. The highest BCUT2D eigenvalue weighted by atomic mass is 127. The Labute approximate surface area is 181 Å². The van der Waals surface area contributed by atoms with Crippen molar-refractivity contribution in [3.8, 4) is 0 Å². The van der Waals surface area contributed by atoms with Gasteiger partial charge >= 0.3 is 0 Å². The summed E-state index contributed by atoms with van der Waals surface area (Å²) in [6.07, 6.45) is 3.60. The first-order chi connectivity index (χ1) is 12.6. The Hall–Kier alpha value is -1.62. The Bertz CT molecular complexity index is 760. The van der Waals surface area contributed by atoms with Crippen LogP contribution in [0.3, 0.4) is 0 Å². The van der Waals surface area contributed by atoms with Crippen LogP contribution in [0, 0.1) is 0 Å². The molecule has 0 radical (unpaired) electrons. The number of carbonyl (C=O) groups is 1. The number of aryl methyl sites for hydroxylation is 1. The molecule has 1 saturated heterocycles. The van der Waals surface area contributed by atoms with E-state index in [0.29, 0.717) is 25.6 Å². The van der Waals surface area contributed by atoms with E-state index in [-0.39, 0.29) is 29.9 Å². The quantitative estimate of drug-likeness (QED) is 0.388. The second-order valence-corrected chi connectivity index (χ2v) is 7.43. The van der Waals surface area contributed by atoms with Gasteiger partial charge in [-0.25, -0.2) is 0 Å². The first kappa shape index (κ1) is 21.7. The molecule has 7 nitrogen and oxygen atoms in total. The fraction of sp³-hybridized carbons (Fsp3) is 0.500. The van der Waals surface area contributed by atoms with Gasteiger partial charge in [-0.15, -0.1) is 35.3 Å². The lowest BCUT2D eigenvalue weighted by Crippen LogP contribution is -2.55. The molecule has 1 N–H and O–H groups in total. The SMILES string of the molecule is CCNC(=NCC(C)c1cccs1)N1CCN(c2cnn(C)c2)C(=O)C1.I. The normalized spacial score (nSPS) is 16.3. The third kappa shape index (κ3) is 5.44. The van der Waals surface area contributed by atoms with E-state index < -0.39 is 0 Å². The van der Waals surface area contributed by atoms with Gasteiger partial charge in [-0.2, -0.15) is 5.10 Å². The summed E-state index contributed by atoms with van der Waals surface area (Å²) in [5.41, 5.74) is 0.852. The molecule has 2 aromatic heterocycles. The van der Waals surface area contributed by atoms with Crippen LogP contribution in [0.4, 0.5) is 5.69 Å². The average molecular weight is 502 g/mol. The van der Waals surface area contributed by atoms with Gasteiger partial charge in [0.25, 0.3) is 0 Å². The lowest BCUT2D eigenvalue weighted by atomic mass is 10.1. The van der Waals surface area contributed by atoms with Crippen LogP contribution in [-0.2, 0) is 11.8 Å². The number of guanidine groups is 1. The molecule has 3 rings (SSSR count). The summed E-state index contributed by atoms with van der Waals surface area (Å²) in [7, 11) is 1.86. The van der Waals surface area contributed by atoms with E-state index in [1.54, 1.807) is 27.1 Å². The summed E-state index contributed by atoms with van der Waals surface area (Å²) in [5.74, 6) is 1.26. The topological polar surface area (TPSA) is 65.8 Å². The number of hydrogen-bond donors (Lipinski definition) is 1. The van der Waals surface area contributed by atoms with Crippen molar-refractivity contribution in [2.45, 2.75) is 19.8 Å². The Morgan fingerprint density at radius 2 is 2.26 bits per heavy atom. The number of thiophene rings is 1. The number of aromatic nitrogens is 2. The molecule has 9 heteroatoms. The van der Waals surface area contributed by atoms with Gasteiger partial charge in [0.2, 0.25) is 5.91 Å². The number of anilines is 1.